The molecule has 1 heterocycles. The van der Waals surface area contributed by atoms with Crippen LogP contribution in [0.5, 0.6) is 0 Å². The maximum absolute atomic E-state index is 5.66. The van der Waals surface area contributed by atoms with Crippen LogP contribution in [-0.2, 0) is 15.9 Å². The lowest BCUT2D eigenvalue weighted by Crippen LogP contribution is -2.39. The van der Waals surface area contributed by atoms with E-state index >= 15 is 0 Å². The molecule has 1 unspecified atom stereocenters. The second-order valence-corrected chi connectivity index (χ2v) is 5.99. The molecule has 134 valence electrons. The third kappa shape index (κ3) is 7.79. The first-order chi connectivity index (χ1) is 11.9. The third-order valence-corrected chi connectivity index (χ3v) is 3.95. The van der Waals surface area contributed by atoms with Crippen LogP contribution in [0.2, 0.25) is 0 Å². The molecule has 1 aromatic carbocycles. The van der Waals surface area contributed by atoms with Crippen molar-refractivity contribution in [3.05, 3.63) is 35.9 Å². The van der Waals surface area contributed by atoms with Crippen LogP contribution in [0.4, 0.5) is 0 Å². The predicted octanol–water partition coefficient (Wildman–Crippen LogP) is 2.37. The number of nitrogens with zero attached hydrogens (tertiary/aromatic N) is 1. The molecular weight excluding hydrogens is 302 g/mol. The molecule has 0 aromatic heterocycles. The van der Waals surface area contributed by atoms with Crippen LogP contribution < -0.4 is 10.6 Å². The van der Waals surface area contributed by atoms with Gasteiger partial charge in [-0.25, -0.2) is 0 Å². The second kappa shape index (κ2) is 11.9. The van der Waals surface area contributed by atoms with E-state index in [0.29, 0.717) is 19.3 Å². The van der Waals surface area contributed by atoms with Crippen molar-refractivity contribution in [1.29, 1.82) is 0 Å². The van der Waals surface area contributed by atoms with Gasteiger partial charge in [-0.05, 0) is 38.2 Å². The molecular formula is C19H31N3O2. The second-order valence-electron chi connectivity index (χ2n) is 5.99. The highest BCUT2D eigenvalue weighted by Gasteiger charge is 2.14. The molecule has 0 radical (unpaired) electrons. The predicted molar refractivity (Wildman–Crippen MR) is 98.5 cm³/mol. The van der Waals surface area contributed by atoms with Crippen LogP contribution in [0.1, 0.15) is 31.7 Å². The zero-order valence-electron chi connectivity index (χ0n) is 14.8. The molecule has 1 aliphatic rings. The number of hydrogen-bond acceptors (Lipinski definition) is 3. The fourth-order valence-electron chi connectivity index (χ4n) is 2.69. The maximum atomic E-state index is 5.66. The van der Waals surface area contributed by atoms with Crippen LogP contribution in [0.25, 0.3) is 0 Å². The summed E-state index contributed by atoms with van der Waals surface area (Å²) < 4.78 is 11.2. The number of guanidine groups is 1. The number of nitrogens with one attached hydrogen (secondary N) is 2. The Bertz CT molecular complexity index is 459. The summed E-state index contributed by atoms with van der Waals surface area (Å²) in [5.74, 6) is 0.867. The summed E-state index contributed by atoms with van der Waals surface area (Å²) in [6.07, 6.45) is 4.69. The van der Waals surface area contributed by atoms with Crippen molar-refractivity contribution in [3.63, 3.8) is 0 Å². The summed E-state index contributed by atoms with van der Waals surface area (Å²) in [5, 5.41) is 6.59. The van der Waals surface area contributed by atoms with Gasteiger partial charge in [-0.15, -0.1) is 0 Å². The zero-order chi connectivity index (χ0) is 16.9. The quantitative estimate of drug-likeness (QED) is 0.392. The summed E-state index contributed by atoms with van der Waals surface area (Å²) in [7, 11) is 0. The number of ether oxygens (including phenoxy) is 2. The number of rotatable bonds is 10. The summed E-state index contributed by atoms with van der Waals surface area (Å²) in [6, 6.07) is 10.6. The Morgan fingerprint density at radius 3 is 2.92 bits per heavy atom. The minimum Gasteiger partial charge on any atom is -0.377 e. The lowest BCUT2D eigenvalue weighted by Gasteiger charge is -2.13. The monoisotopic (exact) mass is 333 g/mol. The molecule has 2 rings (SSSR count). The van der Waals surface area contributed by atoms with E-state index in [-0.39, 0.29) is 0 Å². The van der Waals surface area contributed by atoms with E-state index < -0.39 is 0 Å². The highest BCUT2D eigenvalue weighted by molar-refractivity contribution is 5.79. The Labute approximate surface area is 145 Å². The van der Waals surface area contributed by atoms with Gasteiger partial charge in [0.2, 0.25) is 0 Å². The van der Waals surface area contributed by atoms with E-state index in [1.807, 2.05) is 0 Å². The largest absolute Gasteiger partial charge is 0.377 e. The molecule has 0 amide bonds. The third-order valence-electron chi connectivity index (χ3n) is 3.95. The van der Waals surface area contributed by atoms with E-state index in [9.17, 15) is 0 Å². The van der Waals surface area contributed by atoms with Crippen molar-refractivity contribution in [2.24, 2.45) is 4.99 Å². The molecule has 0 spiro atoms. The summed E-state index contributed by atoms with van der Waals surface area (Å²) in [4.78, 5) is 4.62. The lowest BCUT2D eigenvalue weighted by molar-refractivity contribution is 0.0191. The van der Waals surface area contributed by atoms with Crippen molar-refractivity contribution in [2.45, 2.75) is 38.7 Å². The van der Waals surface area contributed by atoms with E-state index in [1.165, 1.54) is 5.56 Å². The summed E-state index contributed by atoms with van der Waals surface area (Å²) in [6.45, 7) is 6.78. The fraction of sp³-hybridized carbons (Fsp3) is 0.632. The van der Waals surface area contributed by atoms with Crippen molar-refractivity contribution < 1.29 is 9.47 Å². The number of hydrogen-bond donors (Lipinski definition) is 2. The van der Waals surface area contributed by atoms with Crippen molar-refractivity contribution in [1.82, 2.24) is 10.6 Å². The van der Waals surface area contributed by atoms with Crippen molar-refractivity contribution in [3.8, 4) is 0 Å². The first-order valence-corrected chi connectivity index (χ1v) is 9.14. The maximum Gasteiger partial charge on any atom is 0.191 e. The van der Waals surface area contributed by atoms with Gasteiger partial charge in [0, 0.05) is 26.2 Å². The van der Waals surface area contributed by atoms with Gasteiger partial charge >= 0.3 is 0 Å². The van der Waals surface area contributed by atoms with Crippen LogP contribution in [0, 0.1) is 0 Å². The molecule has 5 heteroatoms. The van der Waals surface area contributed by atoms with Crippen molar-refractivity contribution in [2.75, 3.05) is 39.5 Å². The Hall–Kier alpha value is -1.59. The number of aryl methyl sites for hydroxylation is 1. The highest BCUT2D eigenvalue weighted by atomic mass is 16.5. The van der Waals surface area contributed by atoms with E-state index in [0.717, 1.165) is 57.9 Å². The van der Waals surface area contributed by atoms with Gasteiger partial charge in [0.1, 0.15) is 0 Å². The Balaban J connectivity index is 1.57. The Kier molecular flexibility index (Phi) is 9.27. The Morgan fingerprint density at radius 1 is 1.29 bits per heavy atom. The molecule has 0 saturated carbocycles. The normalized spacial score (nSPS) is 17.9. The van der Waals surface area contributed by atoms with Crippen LogP contribution in [0.3, 0.4) is 0 Å². The molecule has 1 saturated heterocycles. The molecule has 1 atom stereocenters. The van der Waals surface area contributed by atoms with E-state index in [4.69, 9.17) is 9.47 Å². The van der Waals surface area contributed by atoms with Crippen LogP contribution >= 0.6 is 0 Å². The highest BCUT2D eigenvalue weighted by Crippen LogP contribution is 2.11. The summed E-state index contributed by atoms with van der Waals surface area (Å²) >= 11 is 0. The van der Waals surface area contributed by atoms with Gasteiger partial charge in [0.05, 0.1) is 19.3 Å². The molecule has 0 bridgehead atoms. The molecule has 24 heavy (non-hydrogen) atoms. The van der Waals surface area contributed by atoms with Gasteiger partial charge in [-0.2, -0.15) is 0 Å². The van der Waals surface area contributed by atoms with Gasteiger partial charge in [-0.1, -0.05) is 30.3 Å². The minimum absolute atomic E-state index is 0.296. The average molecular weight is 333 g/mol. The standard InChI is InChI=1S/C19H31N3O2/c1-2-20-19(21-12-6-10-17-8-4-3-5-9-17)22-13-15-23-16-18-11-7-14-24-18/h3-5,8-9,18H,2,6-7,10-16H2,1H3,(H2,20,21,22). The van der Waals surface area contributed by atoms with Gasteiger partial charge in [-0.3, -0.25) is 4.99 Å². The minimum atomic E-state index is 0.296. The molecule has 2 N–H and O–H groups in total. The zero-order valence-corrected chi connectivity index (χ0v) is 14.8. The fourth-order valence-corrected chi connectivity index (χ4v) is 2.69. The van der Waals surface area contributed by atoms with Crippen LogP contribution in [-0.4, -0.2) is 51.5 Å². The first-order valence-electron chi connectivity index (χ1n) is 9.14. The summed E-state index contributed by atoms with van der Waals surface area (Å²) in [5.41, 5.74) is 1.37. The van der Waals surface area contributed by atoms with Gasteiger partial charge in [0.15, 0.2) is 5.96 Å². The van der Waals surface area contributed by atoms with Gasteiger partial charge < -0.3 is 20.1 Å². The van der Waals surface area contributed by atoms with E-state index in [1.54, 1.807) is 0 Å². The topological polar surface area (TPSA) is 54.9 Å². The number of aliphatic imine (C=N–C) groups is 1. The lowest BCUT2D eigenvalue weighted by atomic mass is 10.1. The molecule has 5 nitrogen and oxygen atoms in total. The molecule has 1 aromatic rings. The first kappa shape index (κ1) is 18.7. The molecule has 0 aliphatic carbocycles. The molecule has 1 aliphatic heterocycles. The smallest absolute Gasteiger partial charge is 0.191 e. The van der Waals surface area contributed by atoms with E-state index in [2.05, 4.69) is 52.9 Å². The Morgan fingerprint density at radius 2 is 2.17 bits per heavy atom. The molecule has 1 fully saturated rings. The van der Waals surface area contributed by atoms with Crippen molar-refractivity contribution >= 4 is 5.96 Å². The van der Waals surface area contributed by atoms with Crippen LogP contribution in [0.15, 0.2) is 35.3 Å². The average Bonchev–Trinajstić information content (AvgIpc) is 3.12. The number of benzene rings is 1. The van der Waals surface area contributed by atoms with Gasteiger partial charge in [0.25, 0.3) is 0 Å². The SMILES string of the molecule is CCNC(=NCCCc1ccccc1)NCCOCC1CCCO1.